The highest BCUT2D eigenvalue weighted by atomic mass is 35.5. The van der Waals surface area contributed by atoms with Crippen LogP contribution in [0.4, 0.5) is 63.3 Å². The number of Topliss-reactive ketones (excluding diaryl/α,β-unsaturated/α-hetero) is 1. The molecule has 0 radical (unpaired) electrons. The summed E-state index contributed by atoms with van der Waals surface area (Å²) in [5, 5.41) is 11.5. The Balaban J connectivity index is 0.000000152. The van der Waals surface area contributed by atoms with Crippen LogP contribution in [0.15, 0.2) is 61.7 Å². The van der Waals surface area contributed by atoms with Gasteiger partial charge < -0.3 is 59.1 Å². The van der Waals surface area contributed by atoms with Gasteiger partial charge in [0.05, 0.1) is 54.1 Å². The number of aryl methyl sites for hydroxylation is 2. The minimum atomic E-state index is -0.723. The number of hydrogen-bond acceptors (Lipinski definition) is 21. The maximum Gasteiger partial charge on any atom is 0.410 e. The van der Waals surface area contributed by atoms with E-state index >= 15 is 0 Å². The van der Waals surface area contributed by atoms with Crippen molar-refractivity contribution in [3.63, 3.8) is 0 Å². The van der Waals surface area contributed by atoms with Crippen molar-refractivity contribution in [1.82, 2.24) is 78.7 Å². The Morgan fingerprint density at radius 2 is 0.883 bits per heavy atom. The predicted octanol–water partition coefficient (Wildman–Crippen LogP) is 9.26. The SMILES string of the molecule is CC(C)(C)OC(=O)N1CCC(=O)C1.CC(C)(C)OC(=O)N1CCC(N2CC[C@@H](F)C2)C1.Cc1cn2cc(NC(=O)c3cnc(N4CCC(N5CC[C@@H](F)C5)C4)cn3)cc(F)c2n1.Cc1cn2cc(NC(=O)c3cnc(N4CCC(N5CC[C@@H](F)C5)C4)cn3)cc(F)c2n1.Cl.F[C@@H]1CCN(C2CCNC2)C1.F[C@@H]1CCNC1. The van der Waals surface area contributed by atoms with Crippen molar-refractivity contribution in [2.24, 2.45) is 0 Å². The molecule has 0 aromatic carbocycles. The Labute approximate surface area is 649 Å². The number of ether oxygens (including phenoxy) is 2. The van der Waals surface area contributed by atoms with Crippen LogP contribution in [0.1, 0.15) is 138 Å². The lowest BCUT2D eigenvalue weighted by Gasteiger charge is -2.26. The van der Waals surface area contributed by atoms with Gasteiger partial charge in [-0.1, -0.05) is 0 Å². The molecule has 6 aromatic heterocycles. The third-order valence-electron chi connectivity index (χ3n) is 20.7. The first kappa shape index (κ1) is 85.3. The van der Waals surface area contributed by atoms with Gasteiger partial charge in [-0.3, -0.25) is 34.0 Å². The maximum absolute atomic E-state index is 14.2. The van der Waals surface area contributed by atoms with Crippen LogP contribution in [-0.4, -0.2) is 295 Å². The Kier molecular flexibility index (Phi) is 29.6. The Morgan fingerprint density at radius 1 is 0.468 bits per heavy atom. The van der Waals surface area contributed by atoms with Gasteiger partial charge in [-0.05, 0) is 126 Å². The number of amides is 4. The number of likely N-dealkylation sites (tertiary alicyclic amines) is 6. The van der Waals surface area contributed by atoms with Gasteiger partial charge in [0.1, 0.15) is 65.1 Å². The first-order chi connectivity index (χ1) is 52.4. The summed E-state index contributed by atoms with van der Waals surface area (Å²) in [6.07, 6.45) is 16.4. The fourth-order valence-corrected chi connectivity index (χ4v) is 15.1. The largest absolute Gasteiger partial charge is 0.444 e. The highest BCUT2D eigenvalue weighted by Crippen LogP contribution is 2.30. The molecule has 610 valence electrons. The summed E-state index contributed by atoms with van der Waals surface area (Å²) in [6, 6.07) is 4.02. The number of nitrogens with one attached hydrogen (secondary N) is 4. The molecule has 27 nitrogen and oxygen atoms in total. The summed E-state index contributed by atoms with van der Waals surface area (Å²) in [6.45, 7) is 29.0. The number of hydrogen-bond donors (Lipinski definition) is 4. The van der Waals surface area contributed by atoms with E-state index in [9.17, 15) is 54.7 Å². The Hall–Kier alpha value is -8.15. The molecular formula is C76H108ClF7N20O7. The first-order valence-electron chi connectivity index (χ1n) is 38.5. The minimum Gasteiger partial charge on any atom is -0.444 e. The van der Waals surface area contributed by atoms with Gasteiger partial charge in [-0.15, -0.1) is 12.4 Å². The van der Waals surface area contributed by atoms with E-state index in [-0.39, 0.29) is 53.5 Å². The van der Waals surface area contributed by atoms with Gasteiger partial charge >= 0.3 is 12.2 Å². The van der Waals surface area contributed by atoms with Crippen molar-refractivity contribution < 1.29 is 64.2 Å². The number of alkyl halides is 5. The highest BCUT2D eigenvalue weighted by Gasteiger charge is 2.39. The molecule has 10 aliphatic heterocycles. The van der Waals surface area contributed by atoms with Crippen molar-refractivity contribution in [3.05, 3.63) is 96.1 Å². The van der Waals surface area contributed by atoms with E-state index in [0.29, 0.717) is 143 Å². The van der Waals surface area contributed by atoms with Crippen LogP contribution >= 0.6 is 12.4 Å². The van der Waals surface area contributed by atoms with Gasteiger partial charge in [0.2, 0.25) is 0 Å². The molecule has 16 rings (SSSR count). The third kappa shape index (κ3) is 24.4. The Morgan fingerprint density at radius 3 is 1.23 bits per heavy atom. The number of carbonyl (C=O) groups is 5. The summed E-state index contributed by atoms with van der Waals surface area (Å²) >= 11 is 0. The number of imidazole rings is 2. The number of halogens is 8. The number of aromatic nitrogens is 8. The zero-order chi connectivity index (χ0) is 78.6. The lowest BCUT2D eigenvalue weighted by atomic mass is 10.2. The molecule has 35 heteroatoms. The lowest BCUT2D eigenvalue weighted by Crippen LogP contribution is -2.39. The monoisotopic (exact) mass is 1580 g/mol. The smallest absolute Gasteiger partial charge is 0.410 e. The van der Waals surface area contributed by atoms with E-state index in [0.717, 1.165) is 97.7 Å². The maximum atomic E-state index is 14.2. The number of anilines is 4. The second kappa shape index (κ2) is 38.6. The number of nitrogens with zero attached hydrogens (tertiary/aromatic N) is 16. The number of fused-ring (bicyclic) bond motifs is 2. The summed E-state index contributed by atoms with van der Waals surface area (Å²) < 4.78 is 107. The molecule has 16 heterocycles. The molecule has 4 N–H and O–H groups in total. The van der Waals surface area contributed by atoms with Gasteiger partial charge in [0.25, 0.3) is 11.8 Å². The zero-order valence-electron chi connectivity index (χ0n) is 64.8. The van der Waals surface area contributed by atoms with Crippen LogP contribution in [0.25, 0.3) is 11.3 Å². The molecule has 4 amide bonds. The van der Waals surface area contributed by atoms with Gasteiger partial charge in [0, 0.05) is 179 Å². The average Bonchev–Trinajstić information content (AvgIpc) is 1.72. The normalized spacial score (nSPS) is 25.0. The molecule has 0 saturated carbocycles. The fourth-order valence-electron chi connectivity index (χ4n) is 15.1. The van der Waals surface area contributed by atoms with Gasteiger partial charge in [-0.25, -0.2) is 70.2 Å². The highest BCUT2D eigenvalue weighted by molar-refractivity contribution is 6.03. The topological polar surface area (TPSA) is 264 Å². The summed E-state index contributed by atoms with van der Waals surface area (Å²) in [4.78, 5) is 101. The molecular weight excluding hydrogens is 1470 g/mol. The van der Waals surface area contributed by atoms with Crippen LogP contribution in [-0.2, 0) is 14.3 Å². The average molecular weight is 1580 g/mol. The number of ketones is 1. The van der Waals surface area contributed by atoms with Crippen LogP contribution in [0.3, 0.4) is 0 Å². The molecule has 111 heavy (non-hydrogen) atoms. The first-order valence-corrected chi connectivity index (χ1v) is 38.5. The molecule has 6 aromatic rings. The van der Waals surface area contributed by atoms with Gasteiger partial charge in [0.15, 0.2) is 28.7 Å². The van der Waals surface area contributed by atoms with Crippen LogP contribution in [0.5, 0.6) is 0 Å². The van der Waals surface area contributed by atoms with Crippen molar-refractivity contribution in [3.8, 4) is 0 Å². The lowest BCUT2D eigenvalue weighted by molar-refractivity contribution is -0.117. The van der Waals surface area contributed by atoms with E-state index in [1.165, 1.54) is 44.6 Å². The molecule has 0 bridgehead atoms. The second-order valence-corrected chi connectivity index (χ2v) is 31.9. The molecule has 9 atom stereocenters. The van der Waals surface area contributed by atoms with E-state index in [1.54, 1.807) is 55.9 Å². The Bertz CT molecular complexity index is 3900. The van der Waals surface area contributed by atoms with Gasteiger partial charge in [-0.2, -0.15) is 0 Å². The third-order valence-corrected chi connectivity index (χ3v) is 20.7. The quantitative estimate of drug-likeness (QED) is 0.0931. The van der Waals surface area contributed by atoms with Crippen molar-refractivity contribution in [2.45, 2.75) is 186 Å². The number of rotatable bonds is 10. The van der Waals surface area contributed by atoms with E-state index in [2.05, 4.69) is 80.6 Å². The molecule has 10 fully saturated rings. The van der Waals surface area contributed by atoms with Crippen molar-refractivity contribution in [1.29, 1.82) is 0 Å². The van der Waals surface area contributed by atoms with Crippen LogP contribution in [0.2, 0.25) is 0 Å². The molecule has 10 aliphatic rings. The minimum absolute atomic E-state index is 0. The second-order valence-electron chi connectivity index (χ2n) is 31.9. The van der Waals surface area contributed by atoms with Crippen LogP contribution < -0.4 is 31.1 Å². The number of carbonyl (C=O) groups excluding carboxylic acids is 5. The summed E-state index contributed by atoms with van der Waals surface area (Å²) in [7, 11) is 0. The predicted molar refractivity (Wildman–Crippen MR) is 410 cm³/mol. The van der Waals surface area contributed by atoms with Crippen molar-refractivity contribution >= 4 is 76.5 Å². The standard InChI is InChI=1S/2C21H23F2N7O.C13H23FN2O2.C9H15NO3.C8H15FN2.C4H8FN.ClH/c2*1-13-9-30-11-15(6-17(23)20(30)26-13)27-21(31)18-7-25-19(8-24-18)29-5-3-16(12-29)28-4-2-14(22)10-28;1-13(2,3)18-12(17)16-7-5-11(9-16)15-6-4-10(14)8-15;1-9(2,3)13-8(12)10-5-4-7(11)6-10;9-7-2-4-11(6-7)8-1-3-10-5-8;5-4-1-2-6-3-4;/h2*6-9,11,14,16H,2-5,10,12H2,1H3,(H,27,31);10-11H,4-9H2,1-3H3;4-6H2,1-3H3;7-8,10H,1-6H2;4,6H,1-3H2;1H/t2*14-,16?;10-,11?;;7-,8?;4-;/m111.11./s1. The van der Waals surface area contributed by atoms with E-state index < -0.39 is 71.6 Å². The van der Waals surface area contributed by atoms with E-state index in [4.69, 9.17) is 9.47 Å². The molecule has 0 aliphatic carbocycles. The summed E-state index contributed by atoms with van der Waals surface area (Å²) in [5.74, 6) is -0.500. The number of pyridine rings is 2. The zero-order valence-corrected chi connectivity index (χ0v) is 65.6. The summed E-state index contributed by atoms with van der Waals surface area (Å²) in [5.41, 5.74) is 1.73. The fraction of sp³-hybridized carbons (Fsp3) is 0.645. The van der Waals surface area contributed by atoms with Crippen molar-refractivity contribution in [2.75, 3.05) is 151 Å². The van der Waals surface area contributed by atoms with E-state index in [1.807, 2.05) is 41.5 Å². The molecule has 4 unspecified atom stereocenters. The van der Waals surface area contributed by atoms with Crippen LogP contribution in [0, 0.1) is 25.5 Å². The molecule has 10 saturated heterocycles. The molecule has 0 spiro atoms.